The largest absolute Gasteiger partial charge is 0.492 e. The van der Waals surface area contributed by atoms with Gasteiger partial charge in [-0.05, 0) is 29.7 Å². The van der Waals surface area contributed by atoms with Crippen molar-refractivity contribution in [3.8, 4) is 5.75 Å². The fraction of sp³-hybridized carbons (Fsp3) is 0.450. The van der Waals surface area contributed by atoms with E-state index in [-0.39, 0.29) is 6.03 Å². The van der Waals surface area contributed by atoms with Crippen molar-refractivity contribution >= 4 is 12.0 Å². The molecule has 1 aromatic carbocycles. The molecule has 0 spiro atoms. The summed E-state index contributed by atoms with van der Waals surface area (Å²) in [5.74, 6) is 2.02. The quantitative estimate of drug-likeness (QED) is 0.793. The van der Waals surface area contributed by atoms with Gasteiger partial charge in [0, 0.05) is 38.6 Å². The first-order chi connectivity index (χ1) is 13.1. The number of carbonyl (C=O) groups excluding carboxylic acids is 1. The van der Waals surface area contributed by atoms with Crippen molar-refractivity contribution in [3.63, 3.8) is 0 Å². The minimum absolute atomic E-state index is 0.0526. The van der Waals surface area contributed by atoms with E-state index < -0.39 is 0 Å². The molecule has 144 valence electrons. The SMILES string of the molecule is CC(C)c1cccc(OCCNC(=O)N2CCN(c3ncccn3)CC2)c1. The van der Waals surface area contributed by atoms with E-state index in [9.17, 15) is 4.79 Å². The Hall–Kier alpha value is -2.83. The van der Waals surface area contributed by atoms with E-state index in [4.69, 9.17) is 4.74 Å². The van der Waals surface area contributed by atoms with E-state index >= 15 is 0 Å². The topological polar surface area (TPSA) is 70.6 Å². The van der Waals surface area contributed by atoms with Crippen LogP contribution in [0.2, 0.25) is 0 Å². The molecule has 0 bridgehead atoms. The van der Waals surface area contributed by atoms with Crippen molar-refractivity contribution in [1.29, 1.82) is 0 Å². The minimum Gasteiger partial charge on any atom is -0.492 e. The molecule has 1 aliphatic heterocycles. The summed E-state index contributed by atoms with van der Waals surface area (Å²) in [5, 5.41) is 2.93. The lowest BCUT2D eigenvalue weighted by atomic mass is 10.0. The molecule has 1 N–H and O–H groups in total. The molecule has 1 fully saturated rings. The lowest BCUT2D eigenvalue weighted by molar-refractivity contribution is 0.191. The highest BCUT2D eigenvalue weighted by Crippen LogP contribution is 2.19. The van der Waals surface area contributed by atoms with Gasteiger partial charge >= 0.3 is 6.03 Å². The Kier molecular flexibility index (Phi) is 6.46. The summed E-state index contributed by atoms with van der Waals surface area (Å²) in [4.78, 5) is 24.7. The summed E-state index contributed by atoms with van der Waals surface area (Å²) >= 11 is 0. The smallest absolute Gasteiger partial charge is 0.317 e. The molecular formula is C20H27N5O2. The third-order valence-electron chi connectivity index (χ3n) is 4.57. The average Bonchev–Trinajstić information content (AvgIpc) is 2.72. The number of benzene rings is 1. The maximum atomic E-state index is 12.3. The maximum absolute atomic E-state index is 12.3. The second kappa shape index (κ2) is 9.21. The first-order valence-corrected chi connectivity index (χ1v) is 9.41. The van der Waals surface area contributed by atoms with Crippen molar-refractivity contribution in [2.45, 2.75) is 19.8 Å². The normalized spacial score (nSPS) is 14.3. The van der Waals surface area contributed by atoms with E-state index in [0.29, 0.717) is 32.2 Å². The maximum Gasteiger partial charge on any atom is 0.317 e. The number of rotatable bonds is 6. The van der Waals surface area contributed by atoms with Gasteiger partial charge in [0.25, 0.3) is 0 Å². The molecule has 0 saturated carbocycles. The van der Waals surface area contributed by atoms with Gasteiger partial charge in [-0.25, -0.2) is 14.8 Å². The molecule has 2 aromatic rings. The van der Waals surface area contributed by atoms with Crippen LogP contribution in [-0.4, -0.2) is 60.2 Å². The number of nitrogens with zero attached hydrogens (tertiary/aromatic N) is 4. The molecular weight excluding hydrogens is 342 g/mol. The highest BCUT2D eigenvalue weighted by atomic mass is 16.5. The molecule has 0 atom stereocenters. The number of carbonyl (C=O) groups is 1. The summed E-state index contributed by atoms with van der Waals surface area (Å²) in [7, 11) is 0. The summed E-state index contributed by atoms with van der Waals surface area (Å²) in [6, 6.07) is 9.84. The van der Waals surface area contributed by atoms with Crippen LogP contribution in [0.1, 0.15) is 25.3 Å². The van der Waals surface area contributed by atoms with Crippen LogP contribution in [0.5, 0.6) is 5.75 Å². The Morgan fingerprint density at radius 3 is 2.59 bits per heavy atom. The van der Waals surface area contributed by atoms with Gasteiger partial charge in [-0.15, -0.1) is 0 Å². The lowest BCUT2D eigenvalue weighted by Crippen LogP contribution is -2.52. The van der Waals surface area contributed by atoms with Gasteiger partial charge in [0.1, 0.15) is 12.4 Å². The molecule has 1 saturated heterocycles. The molecule has 7 nitrogen and oxygen atoms in total. The zero-order valence-electron chi connectivity index (χ0n) is 16.0. The molecule has 0 aliphatic carbocycles. The number of amides is 2. The Morgan fingerprint density at radius 1 is 1.15 bits per heavy atom. The molecule has 3 rings (SSSR count). The summed E-state index contributed by atoms with van der Waals surface area (Å²) in [5.41, 5.74) is 1.25. The van der Waals surface area contributed by atoms with Crippen LogP contribution in [-0.2, 0) is 0 Å². The molecule has 1 aromatic heterocycles. The van der Waals surface area contributed by atoms with E-state index in [0.717, 1.165) is 24.8 Å². The second-order valence-electron chi connectivity index (χ2n) is 6.83. The first kappa shape index (κ1) is 18.9. The standard InChI is InChI=1S/C20H27N5O2/c1-16(2)17-5-3-6-18(15-17)27-14-9-23-20(26)25-12-10-24(11-13-25)19-21-7-4-8-22-19/h3-8,15-16H,9-14H2,1-2H3,(H,23,26). The molecule has 0 unspecified atom stereocenters. The predicted octanol–water partition coefficient (Wildman–Crippen LogP) is 2.51. The number of nitrogens with one attached hydrogen (secondary N) is 1. The van der Waals surface area contributed by atoms with Gasteiger partial charge in [0.2, 0.25) is 5.95 Å². The lowest BCUT2D eigenvalue weighted by Gasteiger charge is -2.34. The predicted molar refractivity (Wildman–Crippen MR) is 105 cm³/mol. The van der Waals surface area contributed by atoms with E-state index in [1.54, 1.807) is 18.5 Å². The first-order valence-electron chi connectivity index (χ1n) is 9.41. The number of piperazine rings is 1. The number of anilines is 1. The molecule has 27 heavy (non-hydrogen) atoms. The van der Waals surface area contributed by atoms with Crippen molar-refractivity contribution in [2.75, 3.05) is 44.2 Å². The molecule has 2 heterocycles. The third-order valence-corrected chi connectivity index (χ3v) is 4.57. The van der Waals surface area contributed by atoms with Crippen LogP contribution in [0, 0.1) is 0 Å². The van der Waals surface area contributed by atoms with E-state index in [2.05, 4.69) is 46.2 Å². The zero-order valence-corrected chi connectivity index (χ0v) is 16.0. The number of urea groups is 1. The molecule has 2 amide bonds. The fourth-order valence-electron chi connectivity index (χ4n) is 2.97. The summed E-state index contributed by atoms with van der Waals surface area (Å²) in [6.07, 6.45) is 3.47. The van der Waals surface area contributed by atoms with E-state index in [1.165, 1.54) is 5.56 Å². The van der Waals surface area contributed by atoms with Gasteiger partial charge in [-0.3, -0.25) is 0 Å². The van der Waals surface area contributed by atoms with Crippen LogP contribution >= 0.6 is 0 Å². The highest BCUT2D eigenvalue weighted by Gasteiger charge is 2.22. The van der Waals surface area contributed by atoms with Gasteiger partial charge < -0.3 is 19.9 Å². The minimum atomic E-state index is -0.0526. The molecule has 0 radical (unpaired) electrons. The third kappa shape index (κ3) is 5.32. The molecule has 1 aliphatic rings. The van der Waals surface area contributed by atoms with Crippen molar-refractivity contribution in [2.24, 2.45) is 0 Å². The Morgan fingerprint density at radius 2 is 1.89 bits per heavy atom. The van der Waals surface area contributed by atoms with Crippen molar-refractivity contribution < 1.29 is 9.53 Å². The van der Waals surface area contributed by atoms with E-state index in [1.807, 2.05) is 17.0 Å². The van der Waals surface area contributed by atoms with Crippen LogP contribution in [0.25, 0.3) is 0 Å². The fourth-order valence-corrected chi connectivity index (χ4v) is 2.97. The number of aromatic nitrogens is 2. The van der Waals surface area contributed by atoms with Crippen LogP contribution in [0.15, 0.2) is 42.7 Å². The monoisotopic (exact) mass is 369 g/mol. The van der Waals surface area contributed by atoms with Crippen LogP contribution < -0.4 is 15.0 Å². The summed E-state index contributed by atoms with van der Waals surface area (Å²) in [6.45, 7) is 8.01. The number of ether oxygens (including phenoxy) is 1. The van der Waals surface area contributed by atoms with Gasteiger partial charge in [-0.1, -0.05) is 26.0 Å². The number of hydrogen-bond donors (Lipinski definition) is 1. The van der Waals surface area contributed by atoms with Crippen LogP contribution in [0.4, 0.5) is 10.7 Å². The van der Waals surface area contributed by atoms with Gasteiger partial charge in [0.15, 0.2) is 0 Å². The summed E-state index contributed by atoms with van der Waals surface area (Å²) < 4.78 is 5.75. The van der Waals surface area contributed by atoms with Crippen LogP contribution in [0.3, 0.4) is 0 Å². The highest BCUT2D eigenvalue weighted by molar-refractivity contribution is 5.74. The Labute approximate surface area is 160 Å². The zero-order chi connectivity index (χ0) is 19.1. The van der Waals surface area contributed by atoms with Crippen molar-refractivity contribution in [1.82, 2.24) is 20.2 Å². The van der Waals surface area contributed by atoms with Gasteiger partial charge in [0.05, 0.1) is 6.54 Å². The van der Waals surface area contributed by atoms with Crippen molar-refractivity contribution in [3.05, 3.63) is 48.3 Å². The second-order valence-corrected chi connectivity index (χ2v) is 6.83. The molecule has 7 heteroatoms. The Bertz CT molecular complexity index is 730. The Balaban J connectivity index is 1.37. The number of hydrogen-bond acceptors (Lipinski definition) is 5. The average molecular weight is 369 g/mol. The van der Waals surface area contributed by atoms with Gasteiger partial charge in [-0.2, -0.15) is 0 Å².